The zero-order chi connectivity index (χ0) is 13.7. The van der Waals surface area contributed by atoms with Crippen molar-refractivity contribution < 1.29 is 9.90 Å². The second kappa shape index (κ2) is 6.57. The first-order chi connectivity index (χ1) is 9.16. The highest BCUT2D eigenvalue weighted by molar-refractivity contribution is 6.33. The molecule has 0 saturated heterocycles. The molecule has 0 aliphatic heterocycles. The molecule has 1 aromatic carbocycles. The van der Waals surface area contributed by atoms with Gasteiger partial charge in [0, 0.05) is 6.21 Å². The Balaban J connectivity index is 1.99. The van der Waals surface area contributed by atoms with Gasteiger partial charge in [0.05, 0.1) is 16.7 Å². The summed E-state index contributed by atoms with van der Waals surface area (Å²) in [6.07, 6.45) is 8.02. The molecule has 0 aromatic heterocycles. The smallest absolute Gasteiger partial charge is 0.0754 e. The zero-order valence-electron chi connectivity index (χ0n) is 10.6. The van der Waals surface area contributed by atoms with Crippen LogP contribution in [0.3, 0.4) is 0 Å². The molecule has 19 heavy (non-hydrogen) atoms. The predicted molar refractivity (Wildman–Crippen MR) is 74.5 cm³/mol. The normalized spacial score (nSPS) is 16.7. The van der Waals surface area contributed by atoms with Crippen LogP contribution in [-0.4, -0.2) is 12.2 Å². The number of benzene rings is 1. The summed E-state index contributed by atoms with van der Waals surface area (Å²) in [5, 5.41) is 15.4. The van der Waals surface area contributed by atoms with Crippen molar-refractivity contribution in [3.63, 3.8) is 0 Å². The maximum Gasteiger partial charge on any atom is 0.0754 e. The monoisotopic (exact) mass is 279 g/mol. The topological polar surface area (TPSA) is 64.5 Å². The predicted octanol–water partition coefficient (Wildman–Crippen LogP) is 2.68. The number of nitrogens with one attached hydrogen (secondary N) is 1. The summed E-state index contributed by atoms with van der Waals surface area (Å²) in [5.41, 5.74) is 3.37. The fourth-order valence-corrected chi connectivity index (χ4v) is 2.39. The molecular weight excluding hydrogens is 264 g/mol. The highest BCUT2D eigenvalue weighted by atomic mass is 35.5. The first kappa shape index (κ1) is 13.9. The molecule has 1 aliphatic carbocycles. The van der Waals surface area contributed by atoms with E-state index in [0.29, 0.717) is 16.6 Å². The summed E-state index contributed by atoms with van der Waals surface area (Å²) in [4.78, 5) is 10.8. The van der Waals surface area contributed by atoms with Crippen molar-refractivity contribution in [3.8, 4) is 0 Å². The minimum Gasteiger partial charge on any atom is -0.545 e. The van der Waals surface area contributed by atoms with E-state index in [1.807, 2.05) is 6.21 Å². The summed E-state index contributed by atoms with van der Waals surface area (Å²) in [7, 11) is 0. The maximum atomic E-state index is 10.8. The molecule has 0 bridgehead atoms. The third-order valence-corrected chi connectivity index (χ3v) is 3.65. The number of carboxylic acid groups (broad SMARTS) is 1. The van der Waals surface area contributed by atoms with E-state index in [4.69, 9.17) is 11.6 Å². The van der Waals surface area contributed by atoms with Crippen LogP contribution in [0.15, 0.2) is 23.3 Å². The molecule has 0 atom stereocenters. The van der Waals surface area contributed by atoms with Gasteiger partial charge in [-0.25, -0.2) is 0 Å². The Morgan fingerprint density at radius 1 is 1.37 bits per heavy atom. The summed E-state index contributed by atoms with van der Waals surface area (Å²) >= 11 is 5.97. The molecule has 5 heteroatoms. The minimum atomic E-state index is -1.23. The number of carbonyl (C=O) groups is 1. The Labute approximate surface area is 117 Å². The van der Waals surface area contributed by atoms with Gasteiger partial charge in [-0.05, 0) is 36.5 Å². The second-order valence-electron chi connectivity index (χ2n) is 4.77. The van der Waals surface area contributed by atoms with Gasteiger partial charge in [-0.1, -0.05) is 36.9 Å². The van der Waals surface area contributed by atoms with E-state index in [9.17, 15) is 9.90 Å². The summed E-state index contributed by atoms with van der Waals surface area (Å²) < 4.78 is 0. The standard InChI is InChI=1S/C14H17ClN2O2/c15-12-7-6-11(14(18)19)8-13(12)17-16-9-10-4-2-1-3-5-10/h6-10,17H,1-5H2,(H,18,19)/p-1/b16-9-. The average Bonchev–Trinajstić information content (AvgIpc) is 2.42. The third kappa shape index (κ3) is 3.96. The van der Waals surface area contributed by atoms with Crippen molar-refractivity contribution in [2.75, 3.05) is 5.43 Å². The van der Waals surface area contributed by atoms with Crippen LogP contribution in [0, 0.1) is 5.92 Å². The number of carbonyl (C=O) groups excluding carboxylic acids is 1. The van der Waals surface area contributed by atoms with Crippen LogP contribution < -0.4 is 10.5 Å². The molecule has 0 heterocycles. The first-order valence-corrected chi connectivity index (χ1v) is 6.84. The molecule has 1 aromatic rings. The van der Waals surface area contributed by atoms with Crippen molar-refractivity contribution in [2.45, 2.75) is 32.1 Å². The van der Waals surface area contributed by atoms with E-state index in [2.05, 4.69) is 10.5 Å². The van der Waals surface area contributed by atoms with Crippen molar-refractivity contribution in [2.24, 2.45) is 11.0 Å². The third-order valence-electron chi connectivity index (χ3n) is 3.32. The summed E-state index contributed by atoms with van der Waals surface area (Å²) in [6, 6.07) is 4.36. The van der Waals surface area contributed by atoms with E-state index in [-0.39, 0.29) is 5.56 Å². The molecule has 0 spiro atoms. The largest absolute Gasteiger partial charge is 0.545 e. The van der Waals surface area contributed by atoms with Crippen LogP contribution in [0.4, 0.5) is 5.69 Å². The van der Waals surface area contributed by atoms with Gasteiger partial charge in [-0.2, -0.15) is 5.10 Å². The molecular formula is C14H16ClN2O2-. The van der Waals surface area contributed by atoms with Gasteiger partial charge in [0.2, 0.25) is 0 Å². The number of hydrazone groups is 1. The van der Waals surface area contributed by atoms with Gasteiger partial charge in [-0.3, -0.25) is 5.43 Å². The van der Waals surface area contributed by atoms with Gasteiger partial charge in [0.15, 0.2) is 0 Å². The number of hydrogen-bond acceptors (Lipinski definition) is 4. The maximum absolute atomic E-state index is 10.8. The fraction of sp³-hybridized carbons (Fsp3) is 0.429. The quantitative estimate of drug-likeness (QED) is 0.681. The molecule has 4 nitrogen and oxygen atoms in total. The minimum absolute atomic E-state index is 0.0831. The average molecular weight is 280 g/mol. The summed E-state index contributed by atoms with van der Waals surface area (Å²) in [6.45, 7) is 0. The molecule has 1 saturated carbocycles. The van der Waals surface area contributed by atoms with Crippen molar-refractivity contribution >= 4 is 29.5 Å². The van der Waals surface area contributed by atoms with E-state index in [1.54, 1.807) is 0 Å². The molecule has 1 N–H and O–H groups in total. The Kier molecular flexibility index (Phi) is 4.80. The molecule has 2 rings (SSSR count). The Hall–Kier alpha value is -1.55. The van der Waals surface area contributed by atoms with Crippen molar-refractivity contribution in [1.82, 2.24) is 0 Å². The Morgan fingerprint density at radius 2 is 2.11 bits per heavy atom. The van der Waals surface area contributed by atoms with Gasteiger partial charge in [0.1, 0.15) is 0 Å². The lowest BCUT2D eigenvalue weighted by atomic mass is 9.90. The van der Waals surface area contributed by atoms with Gasteiger partial charge < -0.3 is 9.90 Å². The lowest BCUT2D eigenvalue weighted by Gasteiger charge is -2.17. The molecule has 1 aliphatic rings. The van der Waals surface area contributed by atoms with E-state index >= 15 is 0 Å². The molecule has 0 radical (unpaired) electrons. The van der Waals surface area contributed by atoms with Crippen LogP contribution in [0.1, 0.15) is 42.5 Å². The number of hydrogen-bond donors (Lipinski definition) is 1. The lowest BCUT2D eigenvalue weighted by molar-refractivity contribution is -0.255. The fourth-order valence-electron chi connectivity index (χ4n) is 2.23. The second-order valence-corrected chi connectivity index (χ2v) is 5.18. The lowest BCUT2D eigenvalue weighted by Crippen LogP contribution is -2.22. The van der Waals surface area contributed by atoms with Crippen LogP contribution in [-0.2, 0) is 0 Å². The molecule has 0 amide bonds. The van der Waals surface area contributed by atoms with Crippen LogP contribution >= 0.6 is 11.6 Å². The van der Waals surface area contributed by atoms with Crippen LogP contribution in [0.5, 0.6) is 0 Å². The van der Waals surface area contributed by atoms with E-state index < -0.39 is 5.97 Å². The van der Waals surface area contributed by atoms with Crippen molar-refractivity contribution in [1.29, 1.82) is 0 Å². The number of aromatic carboxylic acids is 1. The summed E-state index contributed by atoms with van der Waals surface area (Å²) in [5.74, 6) is -0.722. The highest BCUT2D eigenvalue weighted by Crippen LogP contribution is 2.24. The number of anilines is 1. The number of rotatable bonds is 4. The van der Waals surface area contributed by atoms with E-state index in [1.165, 1.54) is 37.5 Å². The Bertz CT molecular complexity index is 482. The SMILES string of the molecule is O=C([O-])c1ccc(Cl)c(N/N=C\C2CCCCC2)c1. The van der Waals surface area contributed by atoms with Gasteiger partial charge in [-0.15, -0.1) is 0 Å². The van der Waals surface area contributed by atoms with Crippen LogP contribution in [0.25, 0.3) is 0 Å². The number of nitrogens with zero attached hydrogens (tertiary/aromatic N) is 1. The molecule has 102 valence electrons. The van der Waals surface area contributed by atoms with Crippen LogP contribution in [0.2, 0.25) is 5.02 Å². The van der Waals surface area contributed by atoms with Crippen molar-refractivity contribution in [3.05, 3.63) is 28.8 Å². The zero-order valence-corrected chi connectivity index (χ0v) is 11.3. The highest BCUT2D eigenvalue weighted by Gasteiger charge is 2.10. The molecule has 1 fully saturated rings. The van der Waals surface area contributed by atoms with Gasteiger partial charge >= 0.3 is 0 Å². The first-order valence-electron chi connectivity index (χ1n) is 6.47. The number of halogens is 1. The Morgan fingerprint density at radius 3 is 2.79 bits per heavy atom. The van der Waals surface area contributed by atoms with E-state index in [0.717, 1.165) is 12.8 Å². The number of carboxylic acids is 1. The van der Waals surface area contributed by atoms with Gasteiger partial charge in [0.25, 0.3) is 0 Å². The molecule has 0 unspecified atom stereocenters.